The van der Waals surface area contributed by atoms with E-state index in [2.05, 4.69) is 4.99 Å². The Morgan fingerprint density at radius 3 is 2.61 bits per heavy atom. The molecule has 1 aliphatic heterocycles. The first-order valence-corrected chi connectivity index (χ1v) is 10.7. The van der Waals surface area contributed by atoms with Gasteiger partial charge in [0, 0.05) is 35.6 Å². The predicted octanol–water partition coefficient (Wildman–Crippen LogP) is 4.66. The molecule has 2 aromatic carbocycles. The number of carbonyl (C=O) groups excluding carboxylic acids is 1. The molecule has 10 heteroatoms. The smallest absolute Gasteiger partial charge is 0.272 e. The van der Waals surface area contributed by atoms with Crippen molar-refractivity contribution < 1.29 is 23.6 Å². The van der Waals surface area contributed by atoms with Crippen molar-refractivity contribution in [1.82, 2.24) is 3.89 Å². The molecule has 164 valence electrons. The highest BCUT2D eigenvalue weighted by Gasteiger charge is 2.38. The molecule has 0 saturated carbocycles. The number of nitrogens with zero attached hydrogens (tertiary/aromatic N) is 3. The molecule has 0 aromatic heterocycles. The van der Waals surface area contributed by atoms with Crippen molar-refractivity contribution in [3.63, 3.8) is 0 Å². The first-order valence-electron chi connectivity index (χ1n) is 9.53. The number of quaternary nitrogens is 1. The van der Waals surface area contributed by atoms with Crippen LogP contribution in [0.15, 0.2) is 41.4 Å². The molecule has 0 amide bonds. The van der Waals surface area contributed by atoms with Crippen molar-refractivity contribution in [3.8, 4) is 0 Å². The highest BCUT2D eigenvalue weighted by molar-refractivity contribution is 7.98. The third-order valence-electron chi connectivity index (χ3n) is 5.41. The topological polar surface area (TPSA) is 91.0 Å². The minimum absolute atomic E-state index is 0.121. The maximum Gasteiger partial charge on any atom is 0.272 e. The predicted molar refractivity (Wildman–Crippen MR) is 118 cm³/mol. The molecule has 0 radical (unpaired) electrons. The van der Waals surface area contributed by atoms with Gasteiger partial charge in [-0.3, -0.25) is 14.9 Å². The average molecular weight is 448 g/mol. The summed E-state index contributed by atoms with van der Waals surface area (Å²) >= 11 is 1.41. The first-order chi connectivity index (χ1) is 14.8. The fourth-order valence-corrected chi connectivity index (χ4v) is 4.31. The lowest BCUT2D eigenvalue weighted by molar-refractivity contribution is -0.384. The Morgan fingerprint density at radius 1 is 1.29 bits per heavy atom. The number of nitro benzene ring substituents is 1. The number of aliphatic imine (C=N–C) groups is 1. The SMILES string of the molecule is CS[N+](C)(c1ccc([N+](=O)[O-])cc1N=CC=O)[C@@H](C)c1cc(C2OCCO2)ccc1F. The molecule has 2 aromatic rings. The maximum absolute atomic E-state index is 14.9. The van der Waals surface area contributed by atoms with E-state index in [0.717, 1.165) is 11.8 Å². The monoisotopic (exact) mass is 448 g/mol. The van der Waals surface area contributed by atoms with E-state index in [-0.39, 0.29) is 21.1 Å². The van der Waals surface area contributed by atoms with E-state index in [1.807, 2.05) is 20.2 Å². The van der Waals surface area contributed by atoms with Gasteiger partial charge in [0.25, 0.3) is 5.69 Å². The standard InChI is InChI=1S/C21H23FN3O5S/c1-14(17-12-15(4-6-18(17)22)21-29-10-11-30-21)25(2,31-3)20-7-5-16(24(27)28)13-19(20)23-8-9-26/h4-9,12-14,21H,10-11H2,1-3H3/q+1/t14-,25?/m0/s1. The molecule has 0 N–H and O–H groups in total. The number of carbonyl (C=O) groups is 1. The molecule has 1 aliphatic rings. The Bertz CT molecular complexity index is 1010. The second-order valence-electron chi connectivity index (χ2n) is 7.05. The van der Waals surface area contributed by atoms with E-state index in [9.17, 15) is 19.3 Å². The molecule has 3 rings (SSSR count). The number of halogens is 1. The van der Waals surface area contributed by atoms with E-state index >= 15 is 0 Å². The number of rotatable bonds is 8. The molecule has 2 atom stereocenters. The normalized spacial score (nSPS) is 17.5. The summed E-state index contributed by atoms with van der Waals surface area (Å²) < 4.78 is 26.1. The largest absolute Gasteiger partial charge is 0.346 e. The number of hydrogen-bond acceptors (Lipinski definition) is 7. The van der Waals surface area contributed by atoms with Crippen molar-refractivity contribution in [1.29, 1.82) is 0 Å². The summed E-state index contributed by atoms with van der Waals surface area (Å²) in [5.74, 6) is -0.382. The van der Waals surface area contributed by atoms with Crippen molar-refractivity contribution in [3.05, 3.63) is 63.5 Å². The van der Waals surface area contributed by atoms with Crippen LogP contribution in [0.3, 0.4) is 0 Å². The highest BCUT2D eigenvalue weighted by Crippen LogP contribution is 2.46. The minimum atomic E-state index is -0.535. The van der Waals surface area contributed by atoms with Crippen molar-refractivity contribution in [2.45, 2.75) is 19.3 Å². The summed E-state index contributed by atoms with van der Waals surface area (Å²) in [4.78, 5) is 25.6. The van der Waals surface area contributed by atoms with E-state index in [1.165, 1.54) is 30.1 Å². The van der Waals surface area contributed by atoms with E-state index in [1.54, 1.807) is 18.2 Å². The van der Waals surface area contributed by atoms with Crippen LogP contribution in [0.2, 0.25) is 0 Å². The van der Waals surface area contributed by atoms with Gasteiger partial charge in [0.15, 0.2) is 18.3 Å². The minimum Gasteiger partial charge on any atom is -0.346 e. The summed E-state index contributed by atoms with van der Waals surface area (Å²) in [6.07, 6.45) is 2.86. The summed E-state index contributed by atoms with van der Waals surface area (Å²) in [5.41, 5.74) is 1.88. The average Bonchev–Trinajstić information content (AvgIpc) is 3.31. The molecule has 1 unspecified atom stereocenters. The lowest BCUT2D eigenvalue weighted by Gasteiger charge is -2.37. The molecular formula is C21H23FN3O5S+. The molecule has 1 saturated heterocycles. The van der Waals surface area contributed by atoms with E-state index in [0.29, 0.717) is 30.8 Å². The quantitative estimate of drug-likeness (QED) is 0.146. The molecule has 0 spiro atoms. The zero-order chi connectivity index (χ0) is 22.6. The van der Waals surface area contributed by atoms with Gasteiger partial charge in [-0.05, 0) is 19.1 Å². The maximum atomic E-state index is 14.9. The van der Waals surface area contributed by atoms with Crippen molar-refractivity contribution >= 4 is 41.5 Å². The zero-order valence-corrected chi connectivity index (χ0v) is 18.2. The Hall–Kier alpha value is -2.66. The van der Waals surface area contributed by atoms with Crippen LogP contribution in [0, 0.1) is 15.9 Å². The van der Waals surface area contributed by atoms with E-state index < -0.39 is 17.3 Å². The second-order valence-corrected chi connectivity index (χ2v) is 8.17. The fourth-order valence-electron chi connectivity index (χ4n) is 3.53. The van der Waals surface area contributed by atoms with Crippen molar-refractivity contribution in [2.24, 2.45) is 4.99 Å². The van der Waals surface area contributed by atoms with Crippen LogP contribution >= 0.6 is 11.9 Å². The number of non-ortho nitro benzene ring substituents is 1. The zero-order valence-electron chi connectivity index (χ0n) is 17.4. The third kappa shape index (κ3) is 4.67. The van der Waals surface area contributed by atoms with Gasteiger partial charge < -0.3 is 9.47 Å². The summed E-state index contributed by atoms with van der Waals surface area (Å²) in [5, 5.41) is 11.2. The van der Waals surface area contributed by atoms with Gasteiger partial charge in [0.2, 0.25) is 0 Å². The van der Waals surface area contributed by atoms with E-state index in [4.69, 9.17) is 9.47 Å². The van der Waals surface area contributed by atoms with Crippen LogP contribution in [0.5, 0.6) is 0 Å². The van der Waals surface area contributed by atoms with Gasteiger partial charge in [-0.25, -0.2) is 13.3 Å². The van der Waals surface area contributed by atoms with Crippen LogP contribution < -0.4 is 3.89 Å². The number of benzene rings is 2. The van der Waals surface area contributed by atoms with Crippen LogP contribution in [0.4, 0.5) is 21.5 Å². The first kappa shape index (κ1) is 23.0. The van der Waals surface area contributed by atoms with Crippen LogP contribution in [-0.4, -0.2) is 43.9 Å². The number of nitro groups is 1. The number of ether oxygens (including phenoxy) is 2. The summed E-state index contributed by atoms with van der Waals surface area (Å²) in [6.45, 7) is 2.82. The van der Waals surface area contributed by atoms with Crippen LogP contribution in [0.25, 0.3) is 0 Å². The Labute approximate surface area is 183 Å². The van der Waals surface area contributed by atoms with Gasteiger partial charge in [-0.2, -0.15) is 0 Å². The second kappa shape index (κ2) is 9.65. The van der Waals surface area contributed by atoms with Gasteiger partial charge >= 0.3 is 0 Å². The van der Waals surface area contributed by atoms with Gasteiger partial charge in [-0.15, -0.1) is 0 Å². The van der Waals surface area contributed by atoms with Crippen LogP contribution in [-0.2, 0) is 14.3 Å². The van der Waals surface area contributed by atoms with Gasteiger partial charge in [0.1, 0.15) is 17.5 Å². The number of aldehydes is 1. The third-order valence-corrected chi connectivity index (χ3v) is 6.68. The molecule has 31 heavy (non-hydrogen) atoms. The number of hydrogen-bond donors (Lipinski definition) is 0. The van der Waals surface area contributed by atoms with Crippen LogP contribution in [0.1, 0.15) is 30.4 Å². The molecule has 8 nitrogen and oxygen atoms in total. The molecule has 1 fully saturated rings. The molecule has 0 bridgehead atoms. The van der Waals surface area contributed by atoms with Gasteiger partial charge in [0.05, 0.1) is 43.3 Å². The van der Waals surface area contributed by atoms with Crippen molar-refractivity contribution in [2.75, 3.05) is 26.5 Å². The highest BCUT2D eigenvalue weighted by atomic mass is 32.2. The Kier molecular flexibility index (Phi) is 7.16. The summed E-state index contributed by atoms with van der Waals surface area (Å²) in [6, 6.07) is 8.61. The molecule has 0 aliphatic carbocycles. The molecule has 1 heterocycles. The fraction of sp³-hybridized carbons (Fsp3) is 0.333. The van der Waals surface area contributed by atoms with Gasteiger partial charge in [-0.1, -0.05) is 6.07 Å². The lowest BCUT2D eigenvalue weighted by Crippen LogP contribution is -2.40. The molecular weight excluding hydrogens is 425 g/mol. The lowest BCUT2D eigenvalue weighted by atomic mass is 10.0. The summed E-state index contributed by atoms with van der Waals surface area (Å²) in [7, 11) is 1.87. The Balaban J connectivity index is 2.09. The Morgan fingerprint density at radius 2 is 2.00 bits per heavy atom.